The van der Waals surface area contributed by atoms with Gasteiger partial charge in [0.15, 0.2) is 0 Å². The van der Waals surface area contributed by atoms with Crippen LogP contribution in [0.3, 0.4) is 0 Å². The summed E-state index contributed by atoms with van der Waals surface area (Å²) < 4.78 is 5.30. The average molecular weight is 204 g/mol. The molecule has 2 aromatic heterocycles. The number of aromatic nitrogens is 2. The van der Waals surface area contributed by atoms with Crippen LogP contribution in [0.1, 0.15) is 11.7 Å². The highest BCUT2D eigenvalue weighted by atomic mass is 16.4. The lowest BCUT2D eigenvalue weighted by Gasteiger charge is -2.04. The Balaban J connectivity index is 2.02. The van der Waals surface area contributed by atoms with E-state index in [4.69, 9.17) is 10.2 Å². The number of aryl methyl sites for hydroxylation is 1. The largest absolute Gasteiger partial charge is 0.444 e. The summed E-state index contributed by atoms with van der Waals surface area (Å²) in [4.78, 5) is 8.16. The van der Waals surface area contributed by atoms with Crippen LogP contribution < -0.4 is 11.1 Å². The zero-order valence-electron chi connectivity index (χ0n) is 8.40. The summed E-state index contributed by atoms with van der Waals surface area (Å²) in [7, 11) is 0. The lowest BCUT2D eigenvalue weighted by Crippen LogP contribution is -2.04. The van der Waals surface area contributed by atoms with Crippen LogP contribution in [-0.2, 0) is 6.54 Å². The fourth-order valence-electron chi connectivity index (χ4n) is 1.21. The summed E-state index contributed by atoms with van der Waals surface area (Å²) in [5, 5.41) is 3.05. The molecule has 5 heteroatoms. The number of nitrogens with two attached hydrogens (primary N) is 1. The molecular formula is C10H12N4O. The number of nitrogens with one attached hydrogen (secondary N) is 1. The SMILES string of the molecule is Cc1cnc(CNc2ncccc2N)o1. The van der Waals surface area contributed by atoms with Gasteiger partial charge in [-0.05, 0) is 19.1 Å². The van der Waals surface area contributed by atoms with Crippen molar-refractivity contribution in [1.29, 1.82) is 0 Å². The van der Waals surface area contributed by atoms with Crippen LogP contribution >= 0.6 is 0 Å². The molecule has 0 aliphatic heterocycles. The van der Waals surface area contributed by atoms with Gasteiger partial charge in [-0.25, -0.2) is 9.97 Å². The number of nitrogens with zero attached hydrogens (tertiary/aromatic N) is 2. The molecule has 0 fully saturated rings. The smallest absolute Gasteiger partial charge is 0.213 e. The lowest BCUT2D eigenvalue weighted by atomic mass is 10.4. The minimum Gasteiger partial charge on any atom is -0.444 e. The monoisotopic (exact) mass is 204 g/mol. The molecule has 0 aliphatic carbocycles. The van der Waals surface area contributed by atoms with Gasteiger partial charge in [-0.2, -0.15) is 0 Å². The molecule has 2 heterocycles. The van der Waals surface area contributed by atoms with Crippen LogP contribution in [-0.4, -0.2) is 9.97 Å². The fraction of sp³-hybridized carbons (Fsp3) is 0.200. The Bertz CT molecular complexity index is 452. The van der Waals surface area contributed by atoms with Crippen LogP contribution in [0.4, 0.5) is 11.5 Å². The summed E-state index contributed by atoms with van der Waals surface area (Å²) in [6.45, 7) is 2.33. The first-order valence-corrected chi connectivity index (χ1v) is 4.61. The molecule has 0 unspecified atom stereocenters. The van der Waals surface area contributed by atoms with Crippen molar-refractivity contribution >= 4 is 11.5 Å². The van der Waals surface area contributed by atoms with Crippen LogP contribution in [0.2, 0.25) is 0 Å². The Hall–Kier alpha value is -2.04. The molecular weight excluding hydrogens is 192 g/mol. The third kappa shape index (κ3) is 2.25. The van der Waals surface area contributed by atoms with Gasteiger partial charge in [0.2, 0.25) is 5.89 Å². The van der Waals surface area contributed by atoms with Gasteiger partial charge >= 0.3 is 0 Å². The second kappa shape index (κ2) is 4.00. The van der Waals surface area contributed by atoms with E-state index in [0.29, 0.717) is 23.9 Å². The molecule has 0 aromatic carbocycles. The molecule has 78 valence electrons. The lowest BCUT2D eigenvalue weighted by molar-refractivity contribution is 0.479. The topological polar surface area (TPSA) is 77.0 Å². The molecule has 2 aromatic rings. The summed E-state index contributed by atoms with van der Waals surface area (Å²) in [5.74, 6) is 2.06. The van der Waals surface area contributed by atoms with Crippen LogP contribution in [0.5, 0.6) is 0 Å². The first-order valence-electron chi connectivity index (χ1n) is 4.61. The molecule has 3 N–H and O–H groups in total. The van der Waals surface area contributed by atoms with Crippen molar-refractivity contribution in [2.75, 3.05) is 11.1 Å². The van der Waals surface area contributed by atoms with Gasteiger partial charge in [-0.15, -0.1) is 0 Å². The zero-order chi connectivity index (χ0) is 10.7. The third-order valence-corrected chi connectivity index (χ3v) is 1.92. The van der Waals surface area contributed by atoms with E-state index in [0.717, 1.165) is 5.76 Å². The van der Waals surface area contributed by atoms with Crippen LogP contribution in [0, 0.1) is 6.92 Å². The van der Waals surface area contributed by atoms with Crippen molar-refractivity contribution in [1.82, 2.24) is 9.97 Å². The maximum atomic E-state index is 5.71. The van der Waals surface area contributed by atoms with Crippen molar-refractivity contribution in [3.8, 4) is 0 Å². The molecule has 15 heavy (non-hydrogen) atoms. The molecule has 0 amide bonds. The van der Waals surface area contributed by atoms with E-state index < -0.39 is 0 Å². The average Bonchev–Trinajstić information content (AvgIpc) is 2.63. The number of anilines is 2. The first kappa shape index (κ1) is 9.51. The van der Waals surface area contributed by atoms with E-state index in [1.54, 1.807) is 24.5 Å². The minimum absolute atomic E-state index is 0.481. The number of oxazole rings is 1. The summed E-state index contributed by atoms with van der Waals surface area (Å²) >= 11 is 0. The Labute approximate surface area is 87.3 Å². The van der Waals surface area contributed by atoms with E-state index in [9.17, 15) is 0 Å². The number of hydrogen-bond donors (Lipinski definition) is 2. The Morgan fingerprint density at radius 3 is 3.00 bits per heavy atom. The number of pyridine rings is 1. The number of nitrogen functional groups attached to an aromatic ring is 1. The molecule has 5 nitrogen and oxygen atoms in total. The van der Waals surface area contributed by atoms with E-state index in [-0.39, 0.29) is 0 Å². The normalized spacial score (nSPS) is 10.2. The second-order valence-electron chi connectivity index (χ2n) is 3.16. The predicted molar refractivity (Wildman–Crippen MR) is 57.2 cm³/mol. The van der Waals surface area contributed by atoms with Gasteiger partial charge < -0.3 is 15.5 Å². The first-order chi connectivity index (χ1) is 7.25. The molecule has 0 saturated heterocycles. The van der Waals surface area contributed by atoms with Gasteiger partial charge in [0.25, 0.3) is 0 Å². The van der Waals surface area contributed by atoms with Crippen molar-refractivity contribution < 1.29 is 4.42 Å². The van der Waals surface area contributed by atoms with Crippen molar-refractivity contribution in [3.05, 3.63) is 36.2 Å². The molecule has 0 atom stereocenters. The third-order valence-electron chi connectivity index (χ3n) is 1.92. The molecule has 0 saturated carbocycles. The van der Waals surface area contributed by atoms with Crippen molar-refractivity contribution in [2.45, 2.75) is 13.5 Å². The summed E-state index contributed by atoms with van der Waals surface area (Å²) in [6.07, 6.45) is 3.36. The fourth-order valence-corrected chi connectivity index (χ4v) is 1.21. The molecule has 0 spiro atoms. The molecule has 0 bridgehead atoms. The number of rotatable bonds is 3. The molecule has 2 rings (SSSR count). The zero-order valence-corrected chi connectivity index (χ0v) is 8.40. The van der Waals surface area contributed by atoms with E-state index in [1.165, 1.54) is 0 Å². The summed E-state index contributed by atoms with van der Waals surface area (Å²) in [5.41, 5.74) is 6.33. The maximum Gasteiger partial charge on any atom is 0.213 e. The summed E-state index contributed by atoms with van der Waals surface area (Å²) in [6, 6.07) is 3.58. The molecule has 0 radical (unpaired) electrons. The van der Waals surface area contributed by atoms with E-state index >= 15 is 0 Å². The van der Waals surface area contributed by atoms with Gasteiger partial charge in [0.05, 0.1) is 18.4 Å². The van der Waals surface area contributed by atoms with Crippen LogP contribution in [0.15, 0.2) is 28.9 Å². The second-order valence-corrected chi connectivity index (χ2v) is 3.16. The maximum absolute atomic E-state index is 5.71. The van der Waals surface area contributed by atoms with Crippen molar-refractivity contribution in [3.63, 3.8) is 0 Å². The standard InChI is InChI=1S/C10H12N4O/c1-7-5-13-9(15-7)6-14-10-8(11)3-2-4-12-10/h2-5H,6,11H2,1H3,(H,12,14). The highest BCUT2D eigenvalue weighted by Gasteiger charge is 2.02. The van der Waals surface area contributed by atoms with Crippen LogP contribution in [0.25, 0.3) is 0 Å². The molecule has 0 aliphatic rings. The van der Waals surface area contributed by atoms with Crippen molar-refractivity contribution in [2.24, 2.45) is 0 Å². The van der Waals surface area contributed by atoms with Gasteiger partial charge in [-0.1, -0.05) is 0 Å². The quantitative estimate of drug-likeness (QED) is 0.793. The van der Waals surface area contributed by atoms with E-state index in [2.05, 4.69) is 15.3 Å². The van der Waals surface area contributed by atoms with Gasteiger partial charge in [0.1, 0.15) is 11.6 Å². The highest BCUT2D eigenvalue weighted by Crippen LogP contribution is 2.14. The number of hydrogen-bond acceptors (Lipinski definition) is 5. The Morgan fingerprint density at radius 2 is 2.33 bits per heavy atom. The van der Waals surface area contributed by atoms with E-state index in [1.807, 2.05) is 6.92 Å². The Morgan fingerprint density at radius 1 is 1.47 bits per heavy atom. The van der Waals surface area contributed by atoms with Gasteiger partial charge in [-0.3, -0.25) is 0 Å². The minimum atomic E-state index is 0.481. The Kier molecular flexibility index (Phi) is 2.53. The predicted octanol–water partition coefficient (Wildman–Crippen LogP) is 1.57. The highest BCUT2D eigenvalue weighted by molar-refractivity contribution is 5.60. The van der Waals surface area contributed by atoms with Gasteiger partial charge in [0, 0.05) is 6.20 Å².